The molecule has 1 saturated carbocycles. The first-order valence-corrected chi connectivity index (χ1v) is 23.3. The van der Waals surface area contributed by atoms with Crippen molar-refractivity contribution in [2.45, 2.75) is 88.6 Å². The van der Waals surface area contributed by atoms with Crippen molar-refractivity contribution in [3.8, 4) is 11.4 Å². The average Bonchev–Trinajstić information content (AvgIpc) is 3.82. The van der Waals surface area contributed by atoms with Crippen molar-refractivity contribution in [2.24, 2.45) is 5.92 Å². The number of piperidine rings is 3. The molecule has 19 nitrogen and oxygen atoms in total. The van der Waals surface area contributed by atoms with E-state index in [9.17, 15) is 27.6 Å². The highest BCUT2D eigenvalue weighted by molar-refractivity contribution is 7.90. The highest BCUT2D eigenvalue weighted by Gasteiger charge is 2.45. The summed E-state index contributed by atoms with van der Waals surface area (Å²) in [5.74, 6) is 0.886. The minimum atomic E-state index is -3.50. The number of fused-ring (bicyclic) bond motifs is 2. The van der Waals surface area contributed by atoms with Crippen LogP contribution in [0.15, 0.2) is 55.1 Å². The zero-order valence-electron chi connectivity index (χ0n) is 35.1. The average molecular weight is 876 g/mol. The molecule has 0 radical (unpaired) electrons. The number of benzene rings is 1. The Labute approximate surface area is 363 Å². The zero-order valence-corrected chi connectivity index (χ0v) is 35.9. The summed E-state index contributed by atoms with van der Waals surface area (Å²) >= 11 is 0. The number of aromatic nitrogens is 7. The van der Waals surface area contributed by atoms with Gasteiger partial charge < -0.3 is 20.4 Å². The van der Waals surface area contributed by atoms with Gasteiger partial charge in [-0.15, -0.1) is 0 Å². The van der Waals surface area contributed by atoms with Crippen LogP contribution in [-0.4, -0.2) is 126 Å². The topological polar surface area (TPSA) is 223 Å². The van der Waals surface area contributed by atoms with Crippen LogP contribution in [0.1, 0.15) is 92.0 Å². The van der Waals surface area contributed by atoms with Gasteiger partial charge in [-0.25, -0.2) is 23.4 Å². The van der Waals surface area contributed by atoms with Crippen LogP contribution in [0.25, 0.3) is 22.3 Å². The van der Waals surface area contributed by atoms with Gasteiger partial charge in [0, 0.05) is 68.8 Å². The summed E-state index contributed by atoms with van der Waals surface area (Å²) in [5, 5.41) is 18.9. The number of imide groups is 2. The first kappa shape index (κ1) is 40.8. The number of pyridine rings is 1. The fraction of sp³-hybridized carbons (Fsp3) is 0.465. The second-order valence-corrected chi connectivity index (χ2v) is 19.6. The number of anilines is 4. The van der Waals surface area contributed by atoms with E-state index in [0.29, 0.717) is 41.8 Å². The van der Waals surface area contributed by atoms with Crippen LogP contribution in [0.2, 0.25) is 0 Å². The predicted octanol–water partition coefficient (Wildman–Crippen LogP) is 3.94. The van der Waals surface area contributed by atoms with Gasteiger partial charge in [-0.3, -0.25) is 34.1 Å². The minimum absolute atomic E-state index is 0.0814. The maximum atomic E-state index is 13.4. The van der Waals surface area contributed by atoms with E-state index in [2.05, 4.69) is 54.7 Å². The SMILES string of the molecule is CC(C)n1nc(N2CCC(CN3CCC[C@H](Nc4ccc5c(c4)C(=O)N(C4CCC(=O)NC4=O)C5=O)C3)CC2)c2cnc(Nc3ccnc(-c4cnn(S(=O)(=O)C5CC5)c4)n3)cc21. The molecule has 63 heavy (non-hydrogen) atoms. The summed E-state index contributed by atoms with van der Waals surface area (Å²) in [7, 11) is -3.50. The Morgan fingerprint density at radius 3 is 2.48 bits per heavy atom. The maximum absolute atomic E-state index is 13.4. The van der Waals surface area contributed by atoms with Crippen LogP contribution >= 0.6 is 0 Å². The van der Waals surface area contributed by atoms with Crippen molar-refractivity contribution >= 4 is 67.7 Å². The van der Waals surface area contributed by atoms with Crippen LogP contribution in [0.3, 0.4) is 0 Å². The van der Waals surface area contributed by atoms with Crippen molar-refractivity contribution in [3.63, 3.8) is 0 Å². The third-order valence-corrected chi connectivity index (χ3v) is 14.8. The van der Waals surface area contributed by atoms with Crippen molar-refractivity contribution in [2.75, 3.05) is 48.3 Å². The molecular formula is C43H49N13O6S. The number of hydrogen-bond acceptors (Lipinski definition) is 15. The van der Waals surface area contributed by atoms with Crippen molar-refractivity contribution < 1.29 is 27.6 Å². The van der Waals surface area contributed by atoms with Crippen molar-refractivity contribution in [3.05, 3.63) is 66.2 Å². The van der Waals surface area contributed by atoms with Crippen LogP contribution in [0.5, 0.6) is 0 Å². The second kappa shape index (κ2) is 16.1. The highest BCUT2D eigenvalue weighted by Crippen LogP contribution is 2.35. The Morgan fingerprint density at radius 2 is 1.70 bits per heavy atom. The normalized spacial score (nSPS) is 21.4. The van der Waals surface area contributed by atoms with E-state index in [1.807, 2.05) is 23.0 Å². The molecule has 3 saturated heterocycles. The molecule has 2 atom stereocenters. The van der Waals surface area contributed by atoms with Gasteiger partial charge in [0.2, 0.25) is 11.8 Å². The molecule has 0 spiro atoms. The lowest BCUT2D eigenvalue weighted by Gasteiger charge is -2.38. The molecule has 8 heterocycles. The van der Waals surface area contributed by atoms with Gasteiger partial charge in [0.05, 0.1) is 45.2 Å². The third kappa shape index (κ3) is 7.89. The standard InChI is InChI=1S/C43H49N13O6S/c1-25(2)56-35-19-37(48-36-11-14-44-39(49-36)27-20-46-54(23-27)63(61,62)30-6-7-30)45-21-33(35)40(51-56)53-16-12-26(13-17-53)22-52-15-3-4-29(24-52)47-28-5-8-31-32(18-28)43(60)55(42(31)59)34-9-10-38(57)50-41(34)58/h5,8,11,14,18-21,23,25-26,29-30,34,47H,3-4,6-7,9-10,12-13,15-17,22,24H2,1-2H3,(H,50,57,58)(H,44,45,48,49)/t29-,34?/m0/s1. The van der Waals surface area contributed by atoms with E-state index in [1.54, 1.807) is 24.4 Å². The molecular weight excluding hydrogens is 827 g/mol. The molecule has 3 N–H and O–H groups in total. The molecule has 1 aromatic carbocycles. The van der Waals surface area contributed by atoms with Crippen LogP contribution in [0.4, 0.5) is 23.1 Å². The van der Waals surface area contributed by atoms with Gasteiger partial charge in [-0.05, 0) is 95.5 Å². The maximum Gasteiger partial charge on any atom is 0.262 e. The Bertz CT molecular complexity index is 2760. The number of nitrogens with zero attached hydrogens (tertiary/aromatic N) is 10. The molecule has 5 aliphatic rings. The third-order valence-electron chi connectivity index (χ3n) is 12.7. The molecule has 1 aliphatic carbocycles. The summed E-state index contributed by atoms with van der Waals surface area (Å²) in [6.07, 6.45) is 12.0. The Kier molecular flexibility index (Phi) is 10.4. The van der Waals surface area contributed by atoms with E-state index in [0.717, 1.165) is 89.8 Å². The van der Waals surface area contributed by atoms with Gasteiger partial charge in [0.1, 0.15) is 17.7 Å². The van der Waals surface area contributed by atoms with E-state index in [-0.39, 0.29) is 41.3 Å². The summed E-state index contributed by atoms with van der Waals surface area (Å²) in [6, 6.07) is 8.20. The minimum Gasteiger partial charge on any atom is -0.381 e. The van der Waals surface area contributed by atoms with Gasteiger partial charge in [-0.2, -0.15) is 14.3 Å². The molecule has 4 aromatic heterocycles. The second-order valence-electron chi connectivity index (χ2n) is 17.6. The van der Waals surface area contributed by atoms with E-state index in [4.69, 9.17) is 10.1 Å². The van der Waals surface area contributed by atoms with Crippen molar-refractivity contribution in [1.29, 1.82) is 0 Å². The molecule has 0 bridgehead atoms. The number of hydrogen-bond donors (Lipinski definition) is 3. The number of amides is 4. The lowest BCUT2D eigenvalue weighted by molar-refractivity contribution is -0.136. The summed E-state index contributed by atoms with van der Waals surface area (Å²) in [5.41, 5.74) is 2.77. The Balaban J connectivity index is 0.755. The quantitative estimate of drug-likeness (QED) is 0.151. The van der Waals surface area contributed by atoms with E-state index >= 15 is 0 Å². The van der Waals surface area contributed by atoms with Gasteiger partial charge >= 0.3 is 0 Å². The smallest absolute Gasteiger partial charge is 0.262 e. The Morgan fingerprint density at radius 1 is 0.889 bits per heavy atom. The van der Waals surface area contributed by atoms with Gasteiger partial charge in [0.25, 0.3) is 21.8 Å². The van der Waals surface area contributed by atoms with E-state index < -0.39 is 39.7 Å². The summed E-state index contributed by atoms with van der Waals surface area (Å²) in [4.78, 5) is 70.4. The lowest BCUT2D eigenvalue weighted by atomic mass is 9.94. The molecule has 1 unspecified atom stereocenters. The summed E-state index contributed by atoms with van der Waals surface area (Å²) in [6.45, 7) is 8.86. The first-order valence-electron chi connectivity index (χ1n) is 21.8. The van der Waals surface area contributed by atoms with Crippen LogP contribution < -0.4 is 20.9 Å². The fourth-order valence-electron chi connectivity index (χ4n) is 9.32. The number of rotatable bonds is 12. The highest BCUT2D eigenvalue weighted by atomic mass is 32.2. The largest absolute Gasteiger partial charge is 0.381 e. The first-order chi connectivity index (χ1) is 30.4. The van der Waals surface area contributed by atoms with Crippen LogP contribution in [-0.2, 0) is 19.6 Å². The van der Waals surface area contributed by atoms with Crippen LogP contribution in [0, 0.1) is 5.92 Å². The molecule has 4 amide bonds. The molecule has 4 aliphatic heterocycles. The molecule has 4 fully saturated rings. The molecule has 5 aromatic rings. The van der Waals surface area contributed by atoms with Gasteiger partial charge in [0.15, 0.2) is 11.6 Å². The Hall–Kier alpha value is -6.28. The fourth-order valence-corrected chi connectivity index (χ4v) is 10.8. The summed E-state index contributed by atoms with van der Waals surface area (Å²) < 4.78 is 28.4. The lowest BCUT2D eigenvalue weighted by Crippen LogP contribution is -2.54. The van der Waals surface area contributed by atoms with E-state index in [1.165, 1.54) is 12.4 Å². The van der Waals surface area contributed by atoms with Gasteiger partial charge in [-0.1, -0.05) is 0 Å². The monoisotopic (exact) mass is 875 g/mol. The molecule has 328 valence electrons. The van der Waals surface area contributed by atoms with Crippen molar-refractivity contribution in [1.82, 2.24) is 49.0 Å². The molecule has 20 heteroatoms. The number of carbonyl (C=O) groups is 4. The number of nitrogens with one attached hydrogen (secondary N) is 3. The number of carbonyl (C=O) groups excluding carboxylic acids is 4. The predicted molar refractivity (Wildman–Crippen MR) is 233 cm³/mol. The zero-order chi connectivity index (χ0) is 43.6. The number of likely N-dealkylation sites (tertiary alicyclic amines) is 1. The molecule has 10 rings (SSSR count).